The molecule has 0 radical (unpaired) electrons. The highest BCUT2D eigenvalue weighted by molar-refractivity contribution is 14.1. The molecule has 5 heteroatoms. The summed E-state index contributed by atoms with van der Waals surface area (Å²) < 4.78 is 0.976. The van der Waals surface area contributed by atoms with Crippen LogP contribution in [-0.4, -0.2) is 9.97 Å². The van der Waals surface area contributed by atoms with Crippen LogP contribution >= 0.6 is 34.4 Å². The van der Waals surface area contributed by atoms with Crippen LogP contribution in [0.5, 0.6) is 0 Å². The van der Waals surface area contributed by atoms with Gasteiger partial charge in [0.25, 0.3) is 0 Å². The lowest BCUT2D eigenvalue weighted by atomic mass is 10.3. The lowest BCUT2D eigenvalue weighted by Gasteiger charge is -2.07. The third-order valence-corrected chi connectivity index (χ3v) is 4.62. The number of aromatic nitrogens is 2. The Morgan fingerprint density at radius 3 is 2.61 bits per heavy atom. The monoisotopic (exact) mass is 371 g/mol. The zero-order valence-electron chi connectivity index (χ0n) is 10.1. The molecule has 1 aromatic heterocycles. The molecule has 0 fully saturated rings. The van der Waals surface area contributed by atoms with E-state index in [2.05, 4.69) is 51.6 Å². The average molecular weight is 371 g/mol. The minimum Gasteiger partial charge on any atom is -0.383 e. The summed E-state index contributed by atoms with van der Waals surface area (Å²) in [5, 5.41) is 0. The number of benzene rings is 1. The number of anilines is 1. The Labute approximate surface area is 125 Å². The Balaban J connectivity index is 2.13. The van der Waals surface area contributed by atoms with Gasteiger partial charge in [0.1, 0.15) is 11.6 Å². The number of rotatable bonds is 4. The van der Waals surface area contributed by atoms with Crippen molar-refractivity contribution in [2.45, 2.75) is 24.0 Å². The van der Waals surface area contributed by atoms with Crippen molar-refractivity contribution < 1.29 is 0 Å². The van der Waals surface area contributed by atoms with Gasteiger partial charge >= 0.3 is 0 Å². The Bertz CT molecular complexity index is 531. The van der Waals surface area contributed by atoms with E-state index in [4.69, 9.17) is 5.73 Å². The summed E-state index contributed by atoms with van der Waals surface area (Å²) in [5.41, 5.74) is 6.93. The van der Waals surface area contributed by atoms with Crippen LogP contribution in [0.25, 0.3) is 0 Å². The Kier molecular flexibility index (Phi) is 4.82. The van der Waals surface area contributed by atoms with Crippen molar-refractivity contribution in [1.82, 2.24) is 9.97 Å². The van der Waals surface area contributed by atoms with Crippen molar-refractivity contribution in [2.75, 3.05) is 5.73 Å². The van der Waals surface area contributed by atoms with Crippen LogP contribution in [0.15, 0.2) is 35.2 Å². The first-order valence-electron chi connectivity index (χ1n) is 5.69. The number of nitrogen functional groups attached to an aromatic ring is 1. The molecule has 0 aliphatic carbocycles. The summed E-state index contributed by atoms with van der Waals surface area (Å²) >= 11 is 3.93. The van der Waals surface area contributed by atoms with Gasteiger partial charge in [-0.25, -0.2) is 9.97 Å². The van der Waals surface area contributed by atoms with Gasteiger partial charge in [0.2, 0.25) is 0 Å². The lowest BCUT2D eigenvalue weighted by Crippen LogP contribution is -2.06. The molecule has 1 aromatic carbocycles. The molecule has 0 bridgehead atoms. The van der Waals surface area contributed by atoms with Crippen LogP contribution < -0.4 is 5.73 Å². The quantitative estimate of drug-likeness (QED) is 0.660. The summed E-state index contributed by atoms with van der Waals surface area (Å²) in [6.07, 6.45) is 0.883. The van der Waals surface area contributed by atoms with E-state index in [0.717, 1.165) is 27.3 Å². The highest BCUT2D eigenvalue weighted by atomic mass is 127. The molecule has 2 N–H and O–H groups in total. The van der Waals surface area contributed by atoms with E-state index in [1.165, 1.54) is 4.90 Å². The lowest BCUT2D eigenvalue weighted by molar-refractivity contribution is 0.933. The van der Waals surface area contributed by atoms with Crippen molar-refractivity contribution in [3.63, 3.8) is 0 Å². The largest absolute Gasteiger partial charge is 0.383 e. The van der Waals surface area contributed by atoms with Crippen molar-refractivity contribution in [2.24, 2.45) is 0 Å². The molecule has 3 nitrogen and oxygen atoms in total. The summed E-state index contributed by atoms with van der Waals surface area (Å²) in [5.74, 6) is 2.14. The number of nitrogens with two attached hydrogens (primary N) is 1. The van der Waals surface area contributed by atoms with Gasteiger partial charge in [-0.15, -0.1) is 11.8 Å². The van der Waals surface area contributed by atoms with E-state index in [9.17, 15) is 0 Å². The SMILES string of the molecule is CCc1nc(CSc2ccccc2)nc(N)c1I. The maximum atomic E-state index is 5.90. The van der Waals surface area contributed by atoms with Crippen LogP contribution in [-0.2, 0) is 12.2 Å². The van der Waals surface area contributed by atoms with Gasteiger partial charge in [-0.1, -0.05) is 25.1 Å². The topological polar surface area (TPSA) is 51.8 Å². The Morgan fingerprint density at radius 1 is 1.22 bits per heavy atom. The van der Waals surface area contributed by atoms with Gasteiger partial charge in [-0.05, 0) is 41.1 Å². The molecule has 1 heterocycles. The standard InChI is InChI=1S/C13H14IN3S/c1-2-10-12(14)13(15)17-11(16-10)8-18-9-6-4-3-5-7-9/h3-7H,2,8H2,1H3,(H2,15,16,17). The van der Waals surface area contributed by atoms with E-state index >= 15 is 0 Å². The minimum atomic E-state index is 0.589. The molecule has 0 saturated heterocycles. The minimum absolute atomic E-state index is 0.589. The number of halogens is 1. The zero-order chi connectivity index (χ0) is 13.0. The molecule has 0 atom stereocenters. The summed E-state index contributed by atoms with van der Waals surface area (Å²) in [6.45, 7) is 2.08. The van der Waals surface area contributed by atoms with Crippen molar-refractivity contribution in [3.8, 4) is 0 Å². The van der Waals surface area contributed by atoms with Gasteiger partial charge in [-0.2, -0.15) is 0 Å². The Morgan fingerprint density at radius 2 is 1.94 bits per heavy atom. The number of hydrogen-bond acceptors (Lipinski definition) is 4. The molecule has 0 amide bonds. The fraction of sp³-hybridized carbons (Fsp3) is 0.231. The second-order valence-electron chi connectivity index (χ2n) is 3.74. The number of nitrogens with zero attached hydrogens (tertiary/aromatic N) is 2. The van der Waals surface area contributed by atoms with E-state index in [-0.39, 0.29) is 0 Å². The molecule has 18 heavy (non-hydrogen) atoms. The van der Waals surface area contributed by atoms with E-state index < -0.39 is 0 Å². The number of thioether (sulfide) groups is 1. The average Bonchev–Trinajstić information content (AvgIpc) is 2.41. The summed E-state index contributed by atoms with van der Waals surface area (Å²) in [7, 11) is 0. The van der Waals surface area contributed by atoms with Crippen molar-refractivity contribution in [3.05, 3.63) is 45.4 Å². The molecule has 94 valence electrons. The first-order chi connectivity index (χ1) is 8.70. The van der Waals surface area contributed by atoms with Crippen LogP contribution in [0.1, 0.15) is 18.4 Å². The maximum absolute atomic E-state index is 5.90. The predicted octanol–water partition coefficient (Wildman–Crippen LogP) is 3.52. The number of hydrogen-bond donors (Lipinski definition) is 1. The first-order valence-corrected chi connectivity index (χ1v) is 7.75. The van der Waals surface area contributed by atoms with Gasteiger partial charge in [0.15, 0.2) is 0 Å². The molecular weight excluding hydrogens is 357 g/mol. The normalized spacial score (nSPS) is 10.6. The molecule has 0 aliphatic heterocycles. The van der Waals surface area contributed by atoms with Gasteiger partial charge in [0, 0.05) is 4.90 Å². The van der Waals surface area contributed by atoms with E-state index in [1.807, 2.05) is 18.2 Å². The molecule has 2 rings (SSSR count). The zero-order valence-corrected chi connectivity index (χ0v) is 13.0. The molecule has 2 aromatic rings. The molecule has 0 unspecified atom stereocenters. The van der Waals surface area contributed by atoms with E-state index in [1.54, 1.807) is 11.8 Å². The van der Waals surface area contributed by atoms with Gasteiger partial charge in [0.05, 0.1) is 15.0 Å². The van der Waals surface area contributed by atoms with Crippen LogP contribution in [0.2, 0.25) is 0 Å². The van der Waals surface area contributed by atoms with Gasteiger partial charge in [-0.3, -0.25) is 0 Å². The first kappa shape index (κ1) is 13.6. The van der Waals surface area contributed by atoms with E-state index in [0.29, 0.717) is 5.82 Å². The molecule has 0 aliphatic rings. The third-order valence-electron chi connectivity index (χ3n) is 2.44. The highest BCUT2D eigenvalue weighted by Crippen LogP contribution is 2.23. The van der Waals surface area contributed by atoms with Gasteiger partial charge < -0.3 is 5.73 Å². The third kappa shape index (κ3) is 3.35. The summed E-state index contributed by atoms with van der Waals surface area (Å²) in [4.78, 5) is 10.1. The Hall–Kier alpha value is -0.820. The fourth-order valence-corrected chi connectivity index (χ4v) is 2.93. The second-order valence-corrected chi connectivity index (χ2v) is 5.87. The smallest absolute Gasteiger partial charge is 0.141 e. The molecule has 0 spiro atoms. The van der Waals surface area contributed by atoms with Crippen LogP contribution in [0.4, 0.5) is 5.82 Å². The van der Waals surface area contributed by atoms with Crippen molar-refractivity contribution >= 4 is 40.2 Å². The summed E-state index contributed by atoms with van der Waals surface area (Å²) in [6, 6.07) is 10.2. The van der Waals surface area contributed by atoms with Crippen LogP contribution in [0, 0.1) is 3.57 Å². The fourth-order valence-electron chi connectivity index (χ4n) is 1.53. The second kappa shape index (κ2) is 6.38. The number of aryl methyl sites for hydroxylation is 1. The highest BCUT2D eigenvalue weighted by Gasteiger charge is 2.08. The molecule has 0 saturated carbocycles. The van der Waals surface area contributed by atoms with Crippen molar-refractivity contribution in [1.29, 1.82) is 0 Å². The predicted molar refractivity (Wildman–Crippen MR) is 84.5 cm³/mol. The van der Waals surface area contributed by atoms with Crippen LogP contribution in [0.3, 0.4) is 0 Å². The maximum Gasteiger partial charge on any atom is 0.141 e. The molecular formula is C13H14IN3S.